The number of rotatable bonds is 16. The van der Waals surface area contributed by atoms with Crippen molar-refractivity contribution in [3.8, 4) is 11.5 Å². The first-order chi connectivity index (χ1) is 16.1. The summed E-state index contributed by atoms with van der Waals surface area (Å²) in [5.41, 5.74) is 7.05. The zero-order chi connectivity index (χ0) is 25.8. The molecule has 8 heteroatoms. The molecule has 0 aliphatic heterocycles. The van der Waals surface area contributed by atoms with Crippen LogP contribution in [0.5, 0.6) is 11.5 Å². The Morgan fingerprint density at radius 1 is 0.971 bits per heavy atom. The largest absolute Gasteiger partial charge is 0.493 e. The van der Waals surface area contributed by atoms with Crippen molar-refractivity contribution >= 4 is 5.97 Å². The van der Waals surface area contributed by atoms with Crippen LogP contribution in [0, 0.1) is 23.7 Å². The fraction of sp³-hybridized carbons (Fsp3) is 0.731. The fourth-order valence-corrected chi connectivity index (χ4v) is 4.09. The highest BCUT2D eigenvalue weighted by atomic mass is 16.5. The summed E-state index contributed by atoms with van der Waals surface area (Å²) >= 11 is 0. The van der Waals surface area contributed by atoms with Crippen LogP contribution in [0.4, 0.5) is 0 Å². The number of nitrogens with two attached hydrogens (primary N) is 1. The summed E-state index contributed by atoms with van der Waals surface area (Å²) in [6.45, 7) is 8.92. The van der Waals surface area contributed by atoms with Gasteiger partial charge in [-0.15, -0.1) is 0 Å². The standard InChI is InChI=1S/C26H45NO7/c1-16(2)19(14-21(27)22(28)15-20(17(3)4)26(30)33-7)25(29)18-9-10-23(32-6)24(13-18)34-12-8-11-31-5/h9-10,13,16-17,19-22,25,28-29H,8,11-12,14-15,27H2,1-7H3. The number of benzene rings is 1. The first kappa shape index (κ1) is 30.2. The van der Waals surface area contributed by atoms with Crippen molar-refractivity contribution in [2.24, 2.45) is 29.4 Å². The average molecular weight is 484 g/mol. The number of carbonyl (C=O) groups excluding carboxylic acids is 1. The molecule has 0 aliphatic carbocycles. The molecule has 4 N–H and O–H groups in total. The SMILES string of the molecule is COCCCOc1cc(C(O)C(CC(N)C(O)CC(C(=O)OC)C(C)C)C(C)C)ccc1OC. The lowest BCUT2D eigenvalue weighted by atomic mass is 9.79. The summed E-state index contributed by atoms with van der Waals surface area (Å²) in [5, 5.41) is 22.0. The molecule has 0 saturated heterocycles. The van der Waals surface area contributed by atoms with Crippen LogP contribution in [0.1, 0.15) is 58.6 Å². The number of hydrogen-bond donors (Lipinski definition) is 3. The maximum absolute atomic E-state index is 12.1. The maximum Gasteiger partial charge on any atom is 0.309 e. The molecule has 34 heavy (non-hydrogen) atoms. The molecular formula is C26H45NO7. The Labute approximate surface area is 204 Å². The first-order valence-corrected chi connectivity index (χ1v) is 12.1. The third kappa shape index (κ3) is 9.06. The van der Waals surface area contributed by atoms with Crippen LogP contribution in [-0.4, -0.2) is 62.9 Å². The van der Waals surface area contributed by atoms with E-state index in [1.165, 1.54) is 7.11 Å². The molecule has 5 atom stereocenters. The minimum Gasteiger partial charge on any atom is -0.493 e. The summed E-state index contributed by atoms with van der Waals surface area (Å²) in [5.74, 6) is 0.259. The molecule has 1 aromatic rings. The summed E-state index contributed by atoms with van der Waals surface area (Å²) in [4.78, 5) is 12.1. The second-order valence-corrected chi connectivity index (χ2v) is 9.53. The van der Waals surface area contributed by atoms with Crippen molar-refractivity contribution < 1.29 is 34.0 Å². The molecule has 1 rings (SSSR count). The summed E-state index contributed by atoms with van der Waals surface area (Å²) in [6, 6.07) is 4.78. The predicted molar refractivity (Wildman–Crippen MR) is 132 cm³/mol. The van der Waals surface area contributed by atoms with Crippen molar-refractivity contribution in [2.45, 2.75) is 65.2 Å². The van der Waals surface area contributed by atoms with Gasteiger partial charge < -0.3 is 34.9 Å². The number of carbonyl (C=O) groups is 1. The minimum atomic E-state index is -0.893. The van der Waals surface area contributed by atoms with Crippen LogP contribution in [-0.2, 0) is 14.3 Å². The molecule has 0 heterocycles. The molecular weight excluding hydrogens is 438 g/mol. The molecule has 0 bridgehead atoms. The summed E-state index contributed by atoms with van der Waals surface area (Å²) < 4.78 is 21.2. The van der Waals surface area contributed by atoms with Crippen molar-refractivity contribution in [1.29, 1.82) is 0 Å². The van der Waals surface area contributed by atoms with Crippen LogP contribution in [0.2, 0.25) is 0 Å². The Balaban J connectivity index is 2.97. The van der Waals surface area contributed by atoms with Crippen LogP contribution >= 0.6 is 0 Å². The summed E-state index contributed by atoms with van der Waals surface area (Å²) in [6.07, 6.45) is -0.366. The smallest absolute Gasteiger partial charge is 0.309 e. The molecule has 0 aliphatic rings. The van der Waals surface area contributed by atoms with Crippen molar-refractivity contribution in [2.75, 3.05) is 34.5 Å². The molecule has 1 aromatic carbocycles. The first-order valence-electron chi connectivity index (χ1n) is 12.1. The van der Waals surface area contributed by atoms with Gasteiger partial charge in [0.15, 0.2) is 11.5 Å². The van der Waals surface area contributed by atoms with E-state index >= 15 is 0 Å². The summed E-state index contributed by atoms with van der Waals surface area (Å²) in [7, 11) is 4.56. The van der Waals surface area contributed by atoms with Crippen LogP contribution in [0.3, 0.4) is 0 Å². The lowest BCUT2D eigenvalue weighted by Gasteiger charge is -2.32. The molecule has 0 spiro atoms. The Morgan fingerprint density at radius 2 is 1.65 bits per heavy atom. The predicted octanol–water partition coefficient (Wildman–Crippen LogP) is 3.33. The Bertz CT molecular complexity index is 725. The van der Waals surface area contributed by atoms with Gasteiger partial charge in [-0.05, 0) is 48.3 Å². The number of aliphatic hydroxyl groups excluding tert-OH is 2. The second-order valence-electron chi connectivity index (χ2n) is 9.53. The van der Waals surface area contributed by atoms with E-state index in [4.69, 9.17) is 24.7 Å². The van der Waals surface area contributed by atoms with Crippen molar-refractivity contribution in [3.63, 3.8) is 0 Å². The molecule has 0 amide bonds. The molecule has 5 unspecified atom stereocenters. The average Bonchev–Trinajstić information content (AvgIpc) is 2.81. The number of aliphatic hydroxyl groups is 2. The molecule has 0 saturated carbocycles. The quantitative estimate of drug-likeness (QED) is 0.242. The van der Waals surface area contributed by atoms with Gasteiger partial charge in [-0.1, -0.05) is 33.8 Å². The van der Waals surface area contributed by atoms with Gasteiger partial charge in [-0.25, -0.2) is 0 Å². The molecule has 0 radical (unpaired) electrons. The number of methoxy groups -OCH3 is 3. The third-order valence-electron chi connectivity index (χ3n) is 6.38. The van der Waals surface area contributed by atoms with Crippen LogP contribution in [0.25, 0.3) is 0 Å². The Morgan fingerprint density at radius 3 is 2.18 bits per heavy atom. The zero-order valence-electron chi connectivity index (χ0n) is 21.8. The van der Waals surface area contributed by atoms with Gasteiger partial charge in [0.2, 0.25) is 0 Å². The lowest BCUT2D eigenvalue weighted by Crippen LogP contribution is -2.41. The number of hydrogen-bond acceptors (Lipinski definition) is 8. The highest BCUT2D eigenvalue weighted by molar-refractivity contribution is 5.72. The maximum atomic E-state index is 12.1. The van der Waals surface area contributed by atoms with Gasteiger partial charge in [0.25, 0.3) is 0 Å². The Kier molecular flexibility index (Phi) is 13.5. The van der Waals surface area contributed by atoms with E-state index in [0.717, 1.165) is 6.42 Å². The molecule has 0 aromatic heterocycles. The molecule has 8 nitrogen and oxygen atoms in total. The molecule has 0 fully saturated rings. The normalized spacial score (nSPS) is 16.1. The van der Waals surface area contributed by atoms with Gasteiger partial charge in [0.1, 0.15) is 0 Å². The van der Waals surface area contributed by atoms with Gasteiger partial charge in [-0.2, -0.15) is 0 Å². The van der Waals surface area contributed by atoms with Crippen LogP contribution in [0.15, 0.2) is 18.2 Å². The number of ether oxygens (including phenoxy) is 4. The van der Waals surface area contributed by atoms with Gasteiger partial charge in [0, 0.05) is 26.2 Å². The highest BCUT2D eigenvalue weighted by Crippen LogP contribution is 2.37. The van der Waals surface area contributed by atoms with Crippen molar-refractivity contribution in [1.82, 2.24) is 0 Å². The second kappa shape index (κ2) is 15.2. The zero-order valence-corrected chi connectivity index (χ0v) is 21.8. The van der Waals surface area contributed by atoms with E-state index in [-0.39, 0.29) is 30.1 Å². The van der Waals surface area contributed by atoms with Crippen molar-refractivity contribution in [3.05, 3.63) is 23.8 Å². The topological polar surface area (TPSA) is 120 Å². The van der Waals surface area contributed by atoms with E-state index < -0.39 is 24.2 Å². The van der Waals surface area contributed by atoms with Gasteiger partial charge in [-0.3, -0.25) is 4.79 Å². The molecule has 196 valence electrons. The van der Waals surface area contributed by atoms with E-state index in [9.17, 15) is 15.0 Å². The monoisotopic (exact) mass is 483 g/mol. The highest BCUT2D eigenvalue weighted by Gasteiger charge is 2.32. The van der Waals surface area contributed by atoms with E-state index in [1.54, 1.807) is 26.4 Å². The van der Waals surface area contributed by atoms with Gasteiger partial charge >= 0.3 is 5.97 Å². The third-order valence-corrected chi connectivity index (χ3v) is 6.38. The fourth-order valence-electron chi connectivity index (χ4n) is 4.09. The van der Waals surface area contributed by atoms with Gasteiger partial charge in [0.05, 0.1) is 39.0 Å². The number of esters is 1. The lowest BCUT2D eigenvalue weighted by molar-refractivity contribution is -0.148. The Hall–Kier alpha value is -1.87. The minimum absolute atomic E-state index is 0.0161. The van der Waals surface area contributed by atoms with E-state index in [0.29, 0.717) is 36.7 Å². The van der Waals surface area contributed by atoms with Crippen LogP contribution < -0.4 is 15.2 Å². The van der Waals surface area contributed by atoms with E-state index in [2.05, 4.69) is 0 Å². The van der Waals surface area contributed by atoms with E-state index in [1.807, 2.05) is 33.8 Å².